The van der Waals surface area contributed by atoms with E-state index in [4.69, 9.17) is 4.74 Å². The van der Waals surface area contributed by atoms with Gasteiger partial charge in [-0.1, -0.05) is 42.5 Å². The van der Waals surface area contributed by atoms with Crippen molar-refractivity contribution in [2.45, 2.75) is 25.8 Å². The maximum Gasteiger partial charge on any atom is 0.330 e. The Morgan fingerprint density at radius 1 is 1.24 bits per heavy atom. The van der Waals surface area contributed by atoms with E-state index in [0.29, 0.717) is 25.1 Å². The number of hydrogen-bond donors (Lipinski definition) is 3. The predicted molar refractivity (Wildman–Crippen MR) is 111 cm³/mol. The van der Waals surface area contributed by atoms with E-state index in [0.717, 1.165) is 10.8 Å². The van der Waals surface area contributed by atoms with Crippen LogP contribution in [0.4, 0.5) is 10.5 Å². The molecule has 3 amide bonds. The summed E-state index contributed by atoms with van der Waals surface area (Å²) in [4.78, 5) is 36.2. The van der Waals surface area contributed by atoms with E-state index in [1.165, 1.54) is 6.08 Å². The van der Waals surface area contributed by atoms with Crippen molar-refractivity contribution >= 4 is 34.4 Å². The molecule has 0 bridgehead atoms. The van der Waals surface area contributed by atoms with Crippen molar-refractivity contribution in [1.29, 1.82) is 0 Å². The number of anilines is 1. The molecule has 29 heavy (non-hydrogen) atoms. The second kappa shape index (κ2) is 9.73. The minimum atomic E-state index is -0.483. The van der Waals surface area contributed by atoms with Crippen LogP contribution in [0.25, 0.3) is 10.8 Å². The Hall–Kier alpha value is -3.35. The van der Waals surface area contributed by atoms with E-state index in [-0.39, 0.29) is 18.4 Å². The first kappa shape index (κ1) is 20.4. The Balaban J connectivity index is 1.70. The molecule has 1 saturated heterocycles. The minimum Gasteiger partial charge on any atom is -0.463 e. The molecule has 0 aliphatic carbocycles. The van der Waals surface area contributed by atoms with Gasteiger partial charge < -0.3 is 20.7 Å². The standard InChI is InChI=1S/C22H25N3O4/c1-2-29-20(26)11-10-17(14-16-12-13-23-21(16)27)24-22(28)25-19-9-5-7-15-6-3-4-8-18(15)19/h3-11,16-17H,2,12-14H2,1H3,(H,23,27)(H2,24,25,28)/b11-10+/t16-,17+/m0/s1. The Labute approximate surface area is 169 Å². The molecule has 2 atom stereocenters. The van der Waals surface area contributed by atoms with Crippen LogP contribution in [0.15, 0.2) is 54.6 Å². The lowest BCUT2D eigenvalue weighted by Crippen LogP contribution is -2.39. The summed E-state index contributed by atoms with van der Waals surface area (Å²) >= 11 is 0. The van der Waals surface area contributed by atoms with Gasteiger partial charge >= 0.3 is 12.0 Å². The Bertz CT molecular complexity index is 920. The first-order valence-electron chi connectivity index (χ1n) is 9.74. The van der Waals surface area contributed by atoms with Crippen molar-refractivity contribution in [3.05, 3.63) is 54.6 Å². The highest BCUT2D eigenvalue weighted by molar-refractivity contribution is 6.01. The lowest BCUT2D eigenvalue weighted by atomic mass is 9.98. The molecule has 3 N–H and O–H groups in total. The highest BCUT2D eigenvalue weighted by atomic mass is 16.5. The number of urea groups is 1. The molecule has 1 fully saturated rings. The molecule has 0 radical (unpaired) electrons. The van der Waals surface area contributed by atoms with Gasteiger partial charge in [-0.2, -0.15) is 0 Å². The monoisotopic (exact) mass is 395 g/mol. The summed E-state index contributed by atoms with van der Waals surface area (Å²) in [7, 11) is 0. The first-order valence-corrected chi connectivity index (χ1v) is 9.74. The molecule has 0 saturated carbocycles. The molecule has 7 heteroatoms. The number of benzene rings is 2. The fraction of sp³-hybridized carbons (Fsp3) is 0.318. The van der Waals surface area contributed by atoms with Crippen LogP contribution in [0.5, 0.6) is 0 Å². The van der Waals surface area contributed by atoms with Crippen molar-refractivity contribution in [3.8, 4) is 0 Å². The van der Waals surface area contributed by atoms with Crippen molar-refractivity contribution in [1.82, 2.24) is 10.6 Å². The Kier molecular flexibility index (Phi) is 6.84. The fourth-order valence-corrected chi connectivity index (χ4v) is 3.41. The van der Waals surface area contributed by atoms with E-state index in [9.17, 15) is 14.4 Å². The van der Waals surface area contributed by atoms with Crippen LogP contribution in [-0.2, 0) is 14.3 Å². The molecule has 0 aromatic heterocycles. The zero-order valence-corrected chi connectivity index (χ0v) is 16.3. The number of nitrogens with one attached hydrogen (secondary N) is 3. The lowest BCUT2D eigenvalue weighted by molar-refractivity contribution is -0.137. The maximum atomic E-state index is 12.6. The minimum absolute atomic E-state index is 0.0317. The molecule has 7 nitrogen and oxygen atoms in total. The van der Waals surface area contributed by atoms with Crippen LogP contribution >= 0.6 is 0 Å². The van der Waals surface area contributed by atoms with Crippen LogP contribution < -0.4 is 16.0 Å². The van der Waals surface area contributed by atoms with Gasteiger partial charge in [0.05, 0.1) is 18.3 Å². The highest BCUT2D eigenvalue weighted by Crippen LogP contribution is 2.23. The van der Waals surface area contributed by atoms with Gasteiger partial charge in [-0.05, 0) is 31.2 Å². The Morgan fingerprint density at radius 2 is 2.03 bits per heavy atom. The predicted octanol–water partition coefficient (Wildman–Crippen LogP) is 2.98. The first-order chi connectivity index (χ1) is 14.1. The van der Waals surface area contributed by atoms with Crippen molar-refractivity contribution in [2.24, 2.45) is 5.92 Å². The molecule has 2 aromatic rings. The topological polar surface area (TPSA) is 96.5 Å². The van der Waals surface area contributed by atoms with Crippen molar-refractivity contribution < 1.29 is 19.1 Å². The number of hydrogen-bond acceptors (Lipinski definition) is 4. The largest absolute Gasteiger partial charge is 0.463 e. The van der Waals surface area contributed by atoms with E-state index in [1.807, 2.05) is 42.5 Å². The van der Waals surface area contributed by atoms with Gasteiger partial charge in [0.15, 0.2) is 0 Å². The smallest absolute Gasteiger partial charge is 0.330 e. The zero-order valence-electron chi connectivity index (χ0n) is 16.3. The SMILES string of the molecule is CCOC(=O)/C=C/[C@H](C[C@@H]1CCNC1=O)NC(=O)Nc1cccc2ccccc12. The van der Waals surface area contributed by atoms with Gasteiger partial charge in [0.2, 0.25) is 5.91 Å². The number of esters is 1. The van der Waals surface area contributed by atoms with Crippen LogP contribution in [0.3, 0.4) is 0 Å². The summed E-state index contributed by atoms with van der Waals surface area (Å²) in [5, 5.41) is 10.5. The normalized spacial score (nSPS) is 17.1. The van der Waals surface area contributed by atoms with Crippen LogP contribution in [-0.4, -0.2) is 37.1 Å². The third-order valence-electron chi connectivity index (χ3n) is 4.81. The molecule has 1 heterocycles. The molecule has 3 rings (SSSR count). The molecular weight excluding hydrogens is 370 g/mol. The molecule has 2 aromatic carbocycles. The second-order valence-electron chi connectivity index (χ2n) is 6.86. The summed E-state index contributed by atoms with van der Waals surface area (Å²) in [6.45, 7) is 2.62. The third kappa shape index (κ3) is 5.57. The van der Waals surface area contributed by atoms with Crippen molar-refractivity contribution in [2.75, 3.05) is 18.5 Å². The van der Waals surface area contributed by atoms with E-state index in [1.54, 1.807) is 13.0 Å². The summed E-state index contributed by atoms with van der Waals surface area (Å²) in [6, 6.07) is 12.6. The Morgan fingerprint density at radius 3 is 2.79 bits per heavy atom. The van der Waals surface area contributed by atoms with E-state index >= 15 is 0 Å². The fourth-order valence-electron chi connectivity index (χ4n) is 3.41. The van der Waals surface area contributed by atoms with E-state index < -0.39 is 18.0 Å². The third-order valence-corrected chi connectivity index (χ3v) is 4.81. The molecule has 0 spiro atoms. The number of carbonyl (C=O) groups is 3. The van der Waals surface area contributed by atoms with Crippen LogP contribution in [0.2, 0.25) is 0 Å². The summed E-state index contributed by atoms with van der Waals surface area (Å²) in [5.74, 6) is -0.717. The summed E-state index contributed by atoms with van der Waals surface area (Å²) < 4.78 is 4.90. The number of ether oxygens (including phenoxy) is 1. The average Bonchev–Trinajstić information content (AvgIpc) is 3.11. The number of amides is 3. The van der Waals surface area contributed by atoms with Gasteiger partial charge in [0, 0.05) is 23.9 Å². The molecule has 1 aliphatic heterocycles. The van der Waals surface area contributed by atoms with Crippen LogP contribution in [0.1, 0.15) is 19.8 Å². The van der Waals surface area contributed by atoms with Gasteiger partial charge in [0.1, 0.15) is 0 Å². The summed E-state index contributed by atoms with van der Waals surface area (Å²) in [5.41, 5.74) is 0.687. The molecule has 152 valence electrons. The summed E-state index contributed by atoms with van der Waals surface area (Å²) in [6.07, 6.45) is 3.98. The average molecular weight is 395 g/mol. The van der Waals surface area contributed by atoms with Gasteiger partial charge in [-0.25, -0.2) is 9.59 Å². The highest BCUT2D eigenvalue weighted by Gasteiger charge is 2.27. The maximum absolute atomic E-state index is 12.6. The second-order valence-corrected chi connectivity index (χ2v) is 6.86. The van der Waals surface area contributed by atoms with E-state index in [2.05, 4.69) is 16.0 Å². The lowest BCUT2D eigenvalue weighted by Gasteiger charge is -2.19. The molecular formula is C22H25N3O4. The zero-order chi connectivity index (χ0) is 20.6. The van der Waals surface area contributed by atoms with Crippen molar-refractivity contribution in [3.63, 3.8) is 0 Å². The number of rotatable bonds is 7. The number of fused-ring (bicyclic) bond motifs is 1. The molecule has 0 unspecified atom stereocenters. The van der Waals surface area contributed by atoms with Gasteiger partial charge in [0.25, 0.3) is 0 Å². The van der Waals surface area contributed by atoms with Gasteiger partial charge in [-0.3, -0.25) is 4.79 Å². The van der Waals surface area contributed by atoms with Crippen LogP contribution in [0, 0.1) is 5.92 Å². The quantitative estimate of drug-likeness (QED) is 0.496. The molecule has 1 aliphatic rings. The van der Waals surface area contributed by atoms with Gasteiger partial charge in [-0.15, -0.1) is 0 Å². The number of carbonyl (C=O) groups excluding carboxylic acids is 3.